The van der Waals surface area contributed by atoms with E-state index in [0.29, 0.717) is 35.3 Å². The molecule has 3 rings (SSSR count). The van der Waals surface area contributed by atoms with Crippen molar-refractivity contribution in [1.29, 1.82) is 0 Å². The molecule has 8 heteroatoms. The van der Waals surface area contributed by atoms with Gasteiger partial charge in [-0.1, -0.05) is 5.16 Å². The highest BCUT2D eigenvalue weighted by Gasteiger charge is 2.31. The molecule has 1 fully saturated rings. The topological polar surface area (TPSA) is 96.5 Å². The summed E-state index contributed by atoms with van der Waals surface area (Å²) in [5, 5.41) is 13.5. The van der Waals surface area contributed by atoms with Crippen LogP contribution in [-0.2, 0) is 4.79 Å². The SMILES string of the molecule is Cc1noc2ncc(C(=O)N3CCC(C(=O)O)C3)cc12.Cl. The fourth-order valence-electron chi connectivity index (χ4n) is 2.39. The number of carbonyl (C=O) groups is 2. The highest BCUT2D eigenvalue weighted by molar-refractivity contribution is 5.97. The number of fused-ring (bicyclic) bond motifs is 1. The average molecular weight is 312 g/mol. The van der Waals surface area contributed by atoms with Crippen molar-refractivity contribution in [3.05, 3.63) is 23.5 Å². The summed E-state index contributed by atoms with van der Waals surface area (Å²) in [6.45, 7) is 2.48. The number of likely N-dealkylation sites (tertiary alicyclic amines) is 1. The van der Waals surface area contributed by atoms with Crippen molar-refractivity contribution in [2.45, 2.75) is 13.3 Å². The number of hydrogen-bond acceptors (Lipinski definition) is 5. The van der Waals surface area contributed by atoms with Crippen molar-refractivity contribution in [3.63, 3.8) is 0 Å². The lowest BCUT2D eigenvalue weighted by Crippen LogP contribution is -2.30. The molecular formula is C13H14ClN3O4. The van der Waals surface area contributed by atoms with Crippen LogP contribution in [0.3, 0.4) is 0 Å². The van der Waals surface area contributed by atoms with Crippen LogP contribution in [0.15, 0.2) is 16.8 Å². The van der Waals surface area contributed by atoms with Crippen molar-refractivity contribution < 1.29 is 19.2 Å². The van der Waals surface area contributed by atoms with Gasteiger partial charge in [-0.2, -0.15) is 0 Å². The number of carbonyl (C=O) groups excluding carboxylic acids is 1. The molecule has 0 bridgehead atoms. The minimum absolute atomic E-state index is 0. The van der Waals surface area contributed by atoms with E-state index in [1.807, 2.05) is 0 Å². The molecule has 1 aliphatic rings. The molecule has 0 saturated carbocycles. The fraction of sp³-hybridized carbons (Fsp3) is 0.385. The van der Waals surface area contributed by atoms with Gasteiger partial charge in [-0.05, 0) is 19.4 Å². The van der Waals surface area contributed by atoms with Crippen LogP contribution in [0.2, 0.25) is 0 Å². The van der Waals surface area contributed by atoms with Crippen LogP contribution in [0, 0.1) is 12.8 Å². The monoisotopic (exact) mass is 311 g/mol. The van der Waals surface area contributed by atoms with E-state index in [0.717, 1.165) is 0 Å². The predicted octanol–water partition coefficient (Wildman–Crippen LogP) is 1.50. The molecule has 1 atom stereocenters. The molecule has 1 saturated heterocycles. The second-order valence-corrected chi connectivity index (χ2v) is 4.92. The summed E-state index contributed by atoms with van der Waals surface area (Å²) in [7, 11) is 0. The van der Waals surface area contributed by atoms with Crippen LogP contribution >= 0.6 is 12.4 Å². The van der Waals surface area contributed by atoms with Crippen LogP contribution in [-0.4, -0.2) is 45.1 Å². The molecule has 2 aromatic heterocycles. The average Bonchev–Trinajstić information content (AvgIpc) is 3.05. The van der Waals surface area contributed by atoms with Gasteiger partial charge in [0.15, 0.2) is 0 Å². The van der Waals surface area contributed by atoms with Crippen molar-refractivity contribution in [2.75, 3.05) is 13.1 Å². The molecule has 2 aromatic rings. The van der Waals surface area contributed by atoms with Crippen molar-refractivity contribution in [1.82, 2.24) is 15.0 Å². The van der Waals surface area contributed by atoms with Gasteiger partial charge >= 0.3 is 5.97 Å². The molecule has 1 aliphatic heterocycles. The lowest BCUT2D eigenvalue weighted by atomic mass is 10.1. The lowest BCUT2D eigenvalue weighted by molar-refractivity contribution is -0.141. The Morgan fingerprint density at radius 2 is 2.24 bits per heavy atom. The molecule has 0 spiro atoms. The molecule has 7 nitrogen and oxygen atoms in total. The summed E-state index contributed by atoms with van der Waals surface area (Å²) in [5.41, 5.74) is 1.49. The number of rotatable bonds is 2. The third kappa shape index (κ3) is 2.69. The second kappa shape index (κ2) is 5.69. The first-order valence-electron chi connectivity index (χ1n) is 6.30. The normalized spacial score (nSPS) is 17.8. The van der Waals surface area contributed by atoms with Gasteiger partial charge in [-0.15, -0.1) is 12.4 Å². The number of hydrogen-bond donors (Lipinski definition) is 1. The van der Waals surface area contributed by atoms with E-state index < -0.39 is 11.9 Å². The molecule has 3 heterocycles. The Labute approximate surface area is 126 Å². The summed E-state index contributed by atoms with van der Waals surface area (Å²) in [6.07, 6.45) is 1.92. The van der Waals surface area contributed by atoms with E-state index in [1.54, 1.807) is 17.9 Å². The summed E-state index contributed by atoms with van der Waals surface area (Å²) in [4.78, 5) is 28.9. The van der Waals surface area contributed by atoms with Crippen LogP contribution < -0.4 is 0 Å². The summed E-state index contributed by atoms with van der Waals surface area (Å²) in [6, 6.07) is 1.69. The number of carboxylic acids is 1. The molecule has 0 aliphatic carbocycles. The third-order valence-electron chi connectivity index (χ3n) is 3.58. The number of nitrogens with zero attached hydrogens (tertiary/aromatic N) is 3. The first kappa shape index (κ1) is 15.2. The summed E-state index contributed by atoms with van der Waals surface area (Å²) >= 11 is 0. The van der Waals surface area contributed by atoms with Crippen LogP contribution in [0.5, 0.6) is 0 Å². The van der Waals surface area contributed by atoms with Gasteiger partial charge in [0.2, 0.25) is 0 Å². The maximum Gasteiger partial charge on any atom is 0.308 e. The molecule has 0 aromatic carbocycles. The quantitative estimate of drug-likeness (QED) is 0.902. The van der Waals surface area contributed by atoms with Gasteiger partial charge in [0.25, 0.3) is 11.6 Å². The van der Waals surface area contributed by atoms with Crippen molar-refractivity contribution in [3.8, 4) is 0 Å². The maximum atomic E-state index is 12.3. The number of pyridine rings is 1. The summed E-state index contributed by atoms with van der Waals surface area (Å²) < 4.78 is 4.99. The minimum Gasteiger partial charge on any atom is -0.481 e. The number of aromatic nitrogens is 2. The number of carboxylic acid groups (broad SMARTS) is 1. The van der Waals surface area contributed by atoms with Gasteiger partial charge in [0.1, 0.15) is 0 Å². The first-order chi connectivity index (χ1) is 9.56. The number of aryl methyl sites for hydroxylation is 1. The van der Waals surface area contributed by atoms with Crippen LogP contribution in [0.1, 0.15) is 22.5 Å². The number of aliphatic carboxylic acids is 1. The molecule has 21 heavy (non-hydrogen) atoms. The molecule has 112 valence electrons. The Balaban J connectivity index is 0.00000161. The smallest absolute Gasteiger partial charge is 0.308 e. The Kier molecular flexibility index (Phi) is 4.13. The second-order valence-electron chi connectivity index (χ2n) is 4.92. The predicted molar refractivity (Wildman–Crippen MR) is 75.4 cm³/mol. The van der Waals surface area contributed by atoms with Crippen LogP contribution in [0.4, 0.5) is 0 Å². The first-order valence-corrected chi connectivity index (χ1v) is 6.30. The third-order valence-corrected chi connectivity index (χ3v) is 3.58. The Hall–Kier alpha value is -2.15. The Morgan fingerprint density at radius 3 is 2.90 bits per heavy atom. The van der Waals surface area contributed by atoms with Gasteiger partial charge < -0.3 is 14.5 Å². The molecule has 1 unspecified atom stereocenters. The Bertz CT molecular complexity index is 700. The minimum atomic E-state index is -0.858. The number of amides is 1. The molecule has 0 radical (unpaired) electrons. The zero-order valence-corrected chi connectivity index (χ0v) is 12.1. The number of halogens is 1. The van der Waals surface area contributed by atoms with E-state index in [9.17, 15) is 9.59 Å². The van der Waals surface area contributed by atoms with Crippen molar-refractivity contribution >= 4 is 35.4 Å². The largest absolute Gasteiger partial charge is 0.481 e. The van der Waals surface area contributed by atoms with Gasteiger partial charge in [0, 0.05) is 19.3 Å². The van der Waals surface area contributed by atoms with E-state index in [1.165, 1.54) is 6.20 Å². The Morgan fingerprint density at radius 1 is 1.48 bits per heavy atom. The molecule has 1 amide bonds. The molecule has 1 N–H and O–H groups in total. The van der Waals surface area contributed by atoms with Gasteiger partial charge in [-0.25, -0.2) is 4.98 Å². The van der Waals surface area contributed by atoms with Crippen molar-refractivity contribution in [2.24, 2.45) is 5.92 Å². The van der Waals surface area contributed by atoms with Gasteiger partial charge in [0.05, 0.1) is 22.6 Å². The van der Waals surface area contributed by atoms with E-state index in [-0.39, 0.29) is 24.9 Å². The lowest BCUT2D eigenvalue weighted by Gasteiger charge is -2.15. The zero-order valence-electron chi connectivity index (χ0n) is 11.3. The standard InChI is InChI=1S/C13H13N3O4.ClH/c1-7-10-4-9(5-14-11(10)20-15-7)12(17)16-3-2-8(6-16)13(18)19;/h4-5,8H,2-3,6H2,1H3,(H,18,19);1H. The molecular weight excluding hydrogens is 298 g/mol. The van der Waals surface area contributed by atoms with Gasteiger partial charge in [-0.3, -0.25) is 9.59 Å². The summed E-state index contributed by atoms with van der Waals surface area (Å²) in [5.74, 6) is -1.54. The van der Waals surface area contributed by atoms with E-state index in [4.69, 9.17) is 9.63 Å². The van der Waals surface area contributed by atoms with E-state index in [2.05, 4.69) is 10.1 Å². The fourth-order valence-corrected chi connectivity index (χ4v) is 2.39. The highest BCUT2D eigenvalue weighted by Crippen LogP contribution is 2.21. The van der Waals surface area contributed by atoms with Crippen LogP contribution in [0.25, 0.3) is 11.1 Å². The highest BCUT2D eigenvalue weighted by atomic mass is 35.5. The van der Waals surface area contributed by atoms with E-state index >= 15 is 0 Å². The maximum absolute atomic E-state index is 12.3. The zero-order chi connectivity index (χ0) is 14.3.